The molecule has 1 aromatic rings. The predicted octanol–water partition coefficient (Wildman–Crippen LogP) is 1.19. The number of rotatable bonds is 6. The van der Waals surface area contributed by atoms with E-state index in [0.29, 0.717) is 23.7 Å². The number of nitrogen functional groups attached to an aromatic ring is 1. The number of benzene rings is 1. The fourth-order valence-electron chi connectivity index (χ4n) is 2.17. The minimum Gasteiger partial charge on any atom is -0.399 e. The second-order valence-corrected chi connectivity index (χ2v) is 6.76. The van der Waals surface area contributed by atoms with Gasteiger partial charge in [0.15, 0.2) is 0 Å². The zero-order valence-corrected chi connectivity index (χ0v) is 12.0. The van der Waals surface area contributed by atoms with Gasteiger partial charge in [-0.25, -0.2) is 0 Å². The predicted molar refractivity (Wildman–Crippen MR) is 78.3 cm³/mol. The molecule has 19 heavy (non-hydrogen) atoms. The Morgan fingerprint density at radius 2 is 2.00 bits per heavy atom. The van der Waals surface area contributed by atoms with Gasteiger partial charge in [-0.05, 0) is 30.5 Å². The van der Waals surface area contributed by atoms with Gasteiger partial charge in [0.1, 0.15) is 0 Å². The largest absolute Gasteiger partial charge is 0.399 e. The number of anilines is 1. The number of hydrogen-bond acceptors (Lipinski definition) is 3. The Labute approximate surface area is 116 Å². The van der Waals surface area contributed by atoms with Crippen molar-refractivity contribution in [2.24, 2.45) is 0 Å². The SMILES string of the molecule is CCS(=O)CCNC(=O)C1(c2ccc(N)cc2)CC1. The summed E-state index contributed by atoms with van der Waals surface area (Å²) in [4.78, 5) is 12.2. The Morgan fingerprint density at radius 3 is 2.53 bits per heavy atom. The maximum absolute atomic E-state index is 12.2. The van der Waals surface area contributed by atoms with Gasteiger partial charge in [-0.3, -0.25) is 9.00 Å². The van der Waals surface area contributed by atoms with E-state index in [2.05, 4.69) is 5.32 Å². The lowest BCUT2D eigenvalue weighted by Crippen LogP contribution is -2.37. The van der Waals surface area contributed by atoms with Gasteiger partial charge < -0.3 is 11.1 Å². The molecule has 5 heteroatoms. The summed E-state index contributed by atoms with van der Waals surface area (Å²) in [6, 6.07) is 7.50. The average molecular weight is 280 g/mol. The summed E-state index contributed by atoms with van der Waals surface area (Å²) in [6.07, 6.45) is 1.75. The molecule has 1 atom stereocenters. The molecule has 1 aromatic carbocycles. The summed E-state index contributed by atoms with van der Waals surface area (Å²) in [6.45, 7) is 2.37. The van der Waals surface area contributed by atoms with E-state index < -0.39 is 10.8 Å². The second kappa shape index (κ2) is 5.74. The van der Waals surface area contributed by atoms with Gasteiger partial charge in [0.2, 0.25) is 5.91 Å². The Bertz CT molecular complexity index is 481. The minimum atomic E-state index is -0.829. The van der Waals surface area contributed by atoms with Crippen molar-refractivity contribution in [3.05, 3.63) is 29.8 Å². The maximum atomic E-state index is 12.2. The van der Waals surface area contributed by atoms with Crippen LogP contribution in [0.5, 0.6) is 0 Å². The molecule has 2 rings (SSSR count). The molecule has 1 amide bonds. The van der Waals surface area contributed by atoms with Crippen molar-refractivity contribution in [2.75, 3.05) is 23.8 Å². The van der Waals surface area contributed by atoms with Crippen molar-refractivity contribution in [1.82, 2.24) is 5.32 Å². The summed E-state index contributed by atoms with van der Waals surface area (Å²) in [7, 11) is -0.829. The second-order valence-electron chi connectivity index (χ2n) is 4.89. The first-order valence-electron chi connectivity index (χ1n) is 6.58. The smallest absolute Gasteiger partial charge is 0.230 e. The number of hydrogen-bond donors (Lipinski definition) is 2. The van der Waals surface area contributed by atoms with Crippen molar-refractivity contribution >= 4 is 22.4 Å². The van der Waals surface area contributed by atoms with Crippen LogP contribution in [0.3, 0.4) is 0 Å². The van der Waals surface area contributed by atoms with Gasteiger partial charge in [-0.1, -0.05) is 19.1 Å². The summed E-state index contributed by atoms with van der Waals surface area (Å²) < 4.78 is 11.3. The third-order valence-electron chi connectivity index (χ3n) is 3.59. The Kier molecular flexibility index (Phi) is 4.24. The summed E-state index contributed by atoms with van der Waals surface area (Å²) in [5, 5.41) is 2.90. The summed E-state index contributed by atoms with van der Waals surface area (Å²) >= 11 is 0. The van der Waals surface area contributed by atoms with E-state index in [0.717, 1.165) is 18.4 Å². The fraction of sp³-hybridized carbons (Fsp3) is 0.500. The number of carbonyl (C=O) groups is 1. The normalized spacial score (nSPS) is 17.7. The van der Waals surface area contributed by atoms with Crippen LogP contribution in [-0.2, 0) is 21.0 Å². The van der Waals surface area contributed by atoms with Gasteiger partial charge >= 0.3 is 0 Å². The van der Waals surface area contributed by atoms with Crippen LogP contribution in [0.15, 0.2) is 24.3 Å². The lowest BCUT2D eigenvalue weighted by Gasteiger charge is -2.15. The quantitative estimate of drug-likeness (QED) is 0.769. The molecule has 0 radical (unpaired) electrons. The van der Waals surface area contributed by atoms with Crippen LogP contribution in [0.25, 0.3) is 0 Å². The molecule has 1 saturated carbocycles. The van der Waals surface area contributed by atoms with Crippen LogP contribution < -0.4 is 11.1 Å². The molecule has 1 unspecified atom stereocenters. The first-order valence-corrected chi connectivity index (χ1v) is 8.06. The van der Waals surface area contributed by atoms with E-state index in [1.807, 2.05) is 31.2 Å². The topological polar surface area (TPSA) is 72.2 Å². The van der Waals surface area contributed by atoms with Gasteiger partial charge in [0.25, 0.3) is 0 Å². The number of amides is 1. The fourth-order valence-corrected chi connectivity index (χ4v) is 2.78. The molecule has 0 aromatic heterocycles. The first kappa shape index (κ1) is 14.1. The lowest BCUT2D eigenvalue weighted by molar-refractivity contribution is -0.123. The maximum Gasteiger partial charge on any atom is 0.230 e. The highest BCUT2D eigenvalue weighted by Crippen LogP contribution is 2.48. The lowest BCUT2D eigenvalue weighted by atomic mass is 9.95. The first-order chi connectivity index (χ1) is 9.08. The molecule has 1 aliphatic carbocycles. The minimum absolute atomic E-state index is 0.0466. The third kappa shape index (κ3) is 3.15. The molecule has 1 fully saturated rings. The van der Waals surface area contributed by atoms with Crippen molar-refractivity contribution in [3.8, 4) is 0 Å². The molecule has 3 N–H and O–H groups in total. The molecule has 4 nitrogen and oxygen atoms in total. The molecular weight excluding hydrogens is 260 g/mol. The monoisotopic (exact) mass is 280 g/mol. The summed E-state index contributed by atoms with van der Waals surface area (Å²) in [5.74, 6) is 1.21. The molecule has 1 aliphatic rings. The van der Waals surface area contributed by atoms with Crippen molar-refractivity contribution in [2.45, 2.75) is 25.2 Å². The zero-order valence-electron chi connectivity index (χ0n) is 11.1. The zero-order chi connectivity index (χ0) is 13.9. The van der Waals surface area contributed by atoms with Gasteiger partial charge in [-0.2, -0.15) is 0 Å². The average Bonchev–Trinajstić information content (AvgIpc) is 3.20. The standard InChI is InChI=1S/C14H20N2O2S/c1-2-19(18)10-9-16-13(17)14(7-8-14)11-3-5-12(15)6-4-11/h3-6H,2,7-10,15H2,1H3,(H,16,17). The van der Waals surface area contributed by atoms with Gasteiger partial charge in [0.05, 0.1) is 5.41 Å². The molecule has 0 bridgehead atoms. The molecule has 0 saturated heterocycles. The number of nitrogens with two attached hydrogens (primary N) is 1. The molecule has 104 valence electrons. The highest BCUT2D eigenvalue weighted by atomic mass is 32.2. The Hall–Kier alpha value is -1.36. The number of carbonyl (C=O) groups excluding carboxylic acids is 1. The summed E-state index contributed by atoms with van der Waals surface area (Å²) in [5.41, 5.74) is 7.02. The van der Waals surface area contributed by atoms with Crippen LogP contribution in [-0.4, -0.2) is 28.2 Å². The highest BCUT2D eigenvalue weighted by molar-refractivity contribution is 7.84. The van der Waals surface area contributed by atoms with E-state index in [4.69, 9.17) is 5.73 Å². The van der Waals surface area contributed by atoms with Crippen molar-refractivity contribution in [1.29, 1.82) is 0 Å². The van der Waals surface area contributed by atoms with Crippen molar-refractivity contribution < 1.29 is 9.00 Å². The molecular formula is C14H20N2O2S. The van der Waals surface area contributed by atoms with Crippen LogP contribution in [0, 0.1) is 0 Å². The van der Waals surface area contributed by atoms with Gasteiger partial charge in [0, 0.05) is 34.5 Å². The third-order valence-corrected chi connectivity index (χ3v) is 4.89. The van der Waals surface area contributed by atoms with Crippen molar-refractivity contribution in [3.63, 3.8) is 0 Å². The Balaban J connectivity index is 1.95. The van der Waals surface area contributed by atoms with E-state index >= 15 is 0 Å². The van der Waals surface area contributed by atoms with Crippen LogP contribution in [0.2, 0.25) is 0 Å². The van der Waals surface area contributed by atoms with Crippen LogP contribution in [0.4, 0.5) is 5.69 Å². The van der Waals surface area contributed by atoms with Gasteiger partial charge in [-0.15, -0.1) is 0 Å². The molecule has 0 heterocycles. The Morgan fingerprint density at radius 1 is 1.37 bits per heavy atom. The molecule has 0 aliphatic heterocycles. The van der Waals surface area contributed by atoms with E-state index in [1.165, 1.54) is 0 Å². The van der Waals surface area contributed by atoms with E-state index in [9.17, 15) is 9.00 Å². The van der Waals surface area contributed by atoms with E-state index in [1.54, 1.807) is 0 Å². The molecule has 0 spiro atoms. The highest BCUT2D eigenvalue weighted by Gasteiger charge is 2.50. The number of nitrogens with one attached hydrogen (secondary N) is 1. The van der Waals surface area contributed by atoms with Crippen LogP contribution >= 0.6 is 0 Å². The van der Waals surface area contributed by atoms with E-state index in [-0.39, 0.29) is 11.3 Å². The van der Waals surface area contributed by atoms with Crippen LogP contribution in [0.1, 0.15) is 25.3 Å².